The van der Waals surface area contributed by atoms with Gasteiger partial charge in [0.15, 0.2) is 0 Å². The Bertz CT molecular complexity index is 1060. The zero-order valence-corrected chi connectivity index (χ0v) is 15.7. The summed E-state index contributed by atoms with van der Waals surface area (Å²) in [5.41, 5.74) is 5.14. The Labute approximate surface area is 164 Å². The van der Waals surface area contributed by atoms with Crippen LogP contribution in [0, 0.1) is 0 Å². The van der Waals surface area contributed by atoms with Crippen LogP contribution in [-0.2, 0) is 24.1 Å². The molecule has 0 bridgehead atoms. The Morgan fingerprint density at radius 3 is 2.21 bits per heavy atom. The third-order valence-corrected chi connectivity index (χ3v) is 4.79. The van der Waals surface area contributed by atoms with E-state index in [0.29, 0.717) is 6.42 Å². The molecule has 0 aliphatic heterocycles. The Kier molecular flexibility index (Phi) is 5.48. The van der Waals surface area contributed by atoms with Crippen LogP contribution >= 0.6 is 0 Å². The van der Waals surface area contributed by atoms with Crippen molar-refractivity contribution in [2.45, 2.75) is 25.7 Å². The van der Waals surface area contributed by atoms with Crippen molar-refractivity contribution < 1.29 is 4.79 Å². The predicted octanol–water partition coefficient (Wildman–Crippen LogP) is 4.92. The fourth-order valence-electron chi connectivity index (χ4n) is 3.29. The first kappa shape index (κ1) is 18.0. The summed E-state index contributed by atoms with van der Waals surface area (Å²) in [7, 11) is 0. The summed E-state index contributed by atoms with van der Waals surface area (Å²) in [6, 6.07) is 26.3. The molecule has 0 aliphatic rings. The van der Waals surface area contributed by atoms with Crippen LogP contribution in [0.1, 0.15) is 23.4 Å². The van der Waals surface area contributed by atoms with E-state index in [2.05, 4.69) is 39.6 Å². The number of benzene rings is 3. The average molecular weight is 369 g/mol. The average Bonchev–Trinajstić information content (AvgIpc) is 3.14. The standard InChI is InChI=1S/C24H23N3O/c28-24(16-12-19-9-5-2-6-10-19)25-20-13-14-21-22(17-20)27-23(26-21)15-11-18-7-3-1-4-8-18/h1-10,13-14,17H,11-12,15-16H2,(H,25,28)(H,26,27). The fraction of sp³-hybridized carbons (Fsp3) is 0.167. The number of imidazole rings is 1. The molecule has 140 valence electrons. The van der Waals surface area contributed by atoms with Crippen molar-refractivity contribution in [2.24, 2.45) is 0 Å². The highest BCUT2D eigenvalue weighted by Crippen LogP contribution is 2.18. The largest absolute Gasteiger partial charge is 0.342 e. The van der Waals surface area contributed by atoms with Gasteiger partial charge in [0, 0.05) is 18.5 Å². The topological polar surface area (TPSA) is 57.8 Å². The lowest BCUT2D eigenvalue weighted by Crippen LogP contribution is -2.12. The van der Waals surface area contributed by atoms with Gasteiger partial charge >= 0.3 is 0 Å². The summed E-state index contributed by atoms with van der Waals surface area (Å²) in [4.78, 5) is 20.3. The lowest BCUT2D eigenvalue weighted by Gasteiger charge is -2.05. The van der Waals surface area contributed by atoms with Gasteiger partial charge in [0.1, 0.15) is 5.82 Å². The number of hydrogen-bond acceptors (Lipinski definition) is 2. The van der Waals surface area contributed by atoms with Gasteiger partial charge in [-0.1, -0.05) is 60.7 Å². The monoisotopic (exact) mass is 369 g/mol. The van der Waals surface area contributed by atoms with Gasteiger partial charge in [-0.25, -0.2) is 4.98 Å². The van der Waals surface area contributed by atoms with Gasteiger partial charge < -0.3 is 10.3 Å². The molecule has 0 unspecified atom stereocenters. The molecule has 0 atom stereocenters. The molecule has 4 nitrogen and oxygen atoms in total. The minimum atomic E-state index is 0.0204. The highest BCUT2D eigenvalue weighted by atomic mass is 16.1. The van der Waals surface area contributed by atoms with Crippen molar-refractivity contribution in [1.29, 1.82) is 0 Å². The Morgan fingerprint density at radius 1 is 0.821 bits per heavy atom. The van der Waals surface area contributed by atoms with Crippen LogP contribution in [-0.4, -0.2) is 15.9 Å². The van der Waals surface area contributed by atoms with Crippen molar-refractivity contribution in [2.75, 3.05) is 5.32 Å². The maximum Gasteiger partial charge on any atom is 0.224 e. The first-order valence-electron chi connectivity index (χ1n) is 9.62. The quantitative estimate of drug-likeness (QED) is 0.486. The number of aryl methyl sites for hydroxylation is 3. The van der Waals surface area contributed by atoms with Crippen LogP contribution in [0.5, 0.6) is 0 Å². The zero-order chi connectivity index (χ0) is 19.2. The van der Waals surface area contributed by atoms with Crippen LogP contribution in [0.15, 0.2) is 78.9 Å². The third-order valence-electron chi connectivity index (χ3n) is 4.79. The molecule has 1 heterocycles. The summed E-state index contributed by atoms with van der Waals surface area (Å²) in [6.07, 6.45) is 3.01. The van der Waals surface area contributed by atoms with Gasteiger partial charge in [0.2, 0.25) is 5.91 Å². The van der Waals surface area contributed by atoms with E-state index >= 15 is 0 Å². The van der Waals surface area contributed by atoms with Crippen molar-refractivity contribution in [3.05, 3.63) is 95.8 Å². The van der Waals surface area contributed by atoms with Gasteiger partial charge in [0.05, 0.1) is 11.0 Å². The van der Waals surface area contributed by atoms with Crippen LogP contribution in [0.2, 0.25) is 0 Å². The number of aromatic amines is 1. The number of amides is 1. The van der Waals surface area contributed by atoms with Gasteiger partial charge in [-0.3, -0.25) is 4.79 Å². The Morgan fingerprint density at radius 2 is 1.50 bits per heavy atom. The minimum Gasteiger partial charge on any atom is -0.342 e. The van der Waals surface area contributed by atoms with E-state index in [0.717, 1.165) is 41.8 Å². The summed E-state index contributed by atoms with van der Waals surface area (Å²) in [5.74, 6) is 0.985. The van der Waals surface area contributed by atoms with Gasteiger partial charge in [0.25, 0.3) is 0 Å². The highest BCUT2D eigenvalue weighted by Gasteiger charge is 2.07. The van der Waals surface area contributed by atoms with E-state index in [1.165, 1.54) is 11.1 Å². The van der Waals surface area contributed by atoms with Crippen molar-refractivity contribution in [3.8, 4) is 0 Å². The lowest BCUT2D eigenvalue weighted by molar-refractivity contribution is -0.116. The number of nitrogens with one attached hydrogen (secondary N) is 2. The van der Waals surface area contributed by atoms with Crippen molar-refractivity contribution in [1.82, 2.24) is 9.97 Å². The van der Waals surface area contributed by atoms with Crippen LogP contribution in [0.3, 0.4) is 0 Å². The molecule has 0 fully saturated rings. The second-order valence-corrected chi connectivity index (χ2v) is 6.93. The van der Waals surface area contributed by atoms with E-state index in [4.69, 9.17) is 0 Å². The molecule has 2 N–H and O–H groups in total. The van der Waals surface area contributed by atoms with Gasteiger partial charge in [-0.05, 0) is 42.2 Å². The van der Waals surface area contributed by atoms with E-state index in [1.54, 1.807) is 0 Å². The molecule has 0 saturated heterocycles. The lowest BCUT2D eigenvalue weighted by atomic mass is 10.1. The highest BCUT2D eigenvalue weighted by molar-refractivity contribution is 5.93. The Balaban J connectivity index is 1.36. The second-order valence-electron chi connectivity index (χ2n) is 6.93. The van der Waals surface area contributed by atoms with E-state index in [9.17, 15) is 4.79 Å². The van der Waals surface area contributed by atoms with E-state index < -0.39 is 0 Å². The SMILES string of the molecule is O=C(CCc1ccccc1)Nc1ccc2nc(CCc3ccccc3)[nH]c2c1. The van der Waals surface area contributed by atoms with Crippen LogP contribution in [0.25, 0.3) is 11.0 Å². The van der Waals surface area contributed by atoms with Gasteiger partial charge in [-0.2, -0.15) is 0 Å². The summed E-state index contributed by atoms with van der Waals surface area (Å²) in [5, 5.41) is 2.98. The zero-order valence-electron chi connectivity index (χ0n) is 15.7. The normalized spacial score (nSPS) is 10.9. The minimum absolute atomic E-state index is 0.0204. The number of carbonyl (C=O) groups excluding carboxylic acids is 1. The number of rotatable bonds is 7. The number of anilines is 1. The number of nitrogens with zero attached hydrogens (tertiary/aromatic N) is 1. The molecule has 1 amide bonds. The number of H-pyrrole nitrogens is 1. The van der Waals surface area contributed by atoms with E-state index in [-0.39, 0.29) is 5.91 Å². The molecular formula is C24H23N3O. The number of fused-ring (bicyclic) bond motifs is 1. The maximum absolute atomic E-state index is 12.2. The van der Waals surface area contributed by atoms with E-state index in [1.807, 2.05) is 54.6 Å². The molecule has 3 aromatic carbocycles. The molecule has 0 saturated carbocycles. The van der Waals surface area contributed by atoms with Crippen LogP contribution < -0.4 is 5.32 Å². The molecule has 4 heteroatoms. The maximum atomic E-state index is 12.2. The summed E-state index contributed by atoms with van der Waals surface area (Å²) < 4.78 is 0. The molecule has 4 rings (SSSR count). The van der Waals surface area contributed by atoms with Crippen molar-refractivity contribution in [3.63, 3.8) is 0 Å². The number of carbonyl (C=O) groups is 1. The number of aromatic nitrogens is 2. The van der Waals surface area contributed by atoms with Crippen molar-refractivity contribution >= 4 is 22.6 Å². The summed E-state index contributed by atoms with van der Waals surface area (Å²) in [6.45, 7) is 0. The molecule has 0 spiro atoms. The molecule has 28 heavy (non-hydrogen) atoms. The smallest absolute Gasteiger partial charge is 0.224 e. The molecule has 0 aliphatic carbocycles. The number of hydrogen-bond donors (Lipinski definition) is 2. The third kappa shape index (κ3) is 4.65. The van der Waals surface area contributed by atoms with Crippen LogP contribution in [0.4, 0.5) is 5.69 Å². The molecule has 1 aromatic heterocycles. The predicted molar refractivity (Wildman–Crippen MR) is 113 cm³/mol. The van der Waals surface area contributed by atoms with Gasteiger partial charge in [-0.15, -0.1) is 0 Å². The first-order chi connectivity index (χ1) is 13.8. The fourth-order valence-corrected chi connectivity index (χ4v) is 3.29. The Hall–Kier alpha value is -3.40. The second kappa shape index (κ2) is 8.53. The molecule has 4 aromatic rings. The molecule has 0 radical (unpaired) electrons. The first-order valence-corrected chi connectivity index (χ1v) is 9.62. The molecular weight excluding hydrogens is 346 g/mol. The summed E-state index contributed by atoms with van der Waals surface area (Å²) >= 11 is 0.